The predicted octanol–water partition coefficient (Wildman–Crippen LogP) is 3.90. The maximum absolute atomic E-state index is 10.6. The van der Waals surface area contributed by atoms with Crippen molar-refractivity contribution < 1.29 is 5.11 Å². The molecule has 0 spiro atoms. The molecule has 3 aromatic rings. The Hall–Kier alpha value is -1.78. The van der Waals surface area contributed by atoms with Crippen molar-refractivity contribution >= 4 is 22.3 Å². The first kappa shape index (κ1) is 13.2. The van der Waals surface area contributed by atoms with E-state index in [9.17, 15) is 5.11 Å². The van der Waals surface area contributed by atoms with E-state index < -0.39 is 6.10 Å². The summed E-state index contributed by atoms with van der Waals surface area (Å²) in [5.74, 6) is 0.263. The van der Waals surface area contributed by atoms with E-state index in [4.69, 9.17) is 0 Å². The zero-order valence-electron chi connectivity index (χ0n) is 11.4. The highest BCUT2D eigenvalue weighted by atomic mass is 32.1. The molecule has 4 heteroatoms. The van der Waals surface area contributed by atoms with Crippen LogP contribution in [0.1, 0.15) is 42.0 Å². The zero-order chi connectivity index (χ0) is 14.1. The van der Waals surface area contributed by atoms with Crippen LogP contribution in [0.25, 0.3) is 10.8 Å². The van der Waals surface area contributed by atoms with Gasteiger partial charge in [0.15, 0.2) is 0 Å². The summed E-state index contributed by atoms with van der Waals surface area (Å²) in [6.07, 6.45) is -0.656. The molecule has 0 amide bonds. The standard InChI is InChI=1S/C16H16N2OS/c1-10(2)14-16(20-18-17-14)15(19)13-8-7-11-5-3-4-6-12(11)9-13/h3-10,15,19H,1-2H3. The van der Waals surface area contributed by atoms with Gasteiger partial charge in [-0.2, -0.15) is 0 Å². The zero-order valence-corrected chi connectivity index (χ0v) is 12.3. The highest BCUT2D eigenvalue weighted by molar-refractivity contribution is 7.05. The van der Waals surface area contributed by atoms with Crippen LogP contribution in [0.3, 0.4) is 0 Å². The first-order chi connectivity index (χ1) is 9.66. The van der Waals surface area contributed by atoms with Crippen LogP contribution in [-0.4, -0.2) is 14.7 Å². The third kappa shape index (κ3) is 2.32. The van der Waals surface area contributed by atoms with Gasteiger partial charge in [-0.1, -0.05) is 54.7 Å². The summed E-state index contributed by atoms with van der Waals surface area (Å²) in [5, 5.41) is 17.0. The molecule has 1 N–H and O–H groups in total. The Balaban J connectivity index is 2.03. The molecule has 1 atom stereocenters. The second-order valence-corrected chi connectivity index (χ2v) is 5.97. The molecule has 3 rings (SSSR count). The monoisotopic (exact) mass is 284 g/mol. The lowest BCUT2D eigenvalue weighted by Gasteiger charge is -2.12. The molecule has 0 fully saturated rings. The molecular formula is C16H16N2OS. The highest BCUT2D eigenvalue weighted by Crippen LogP contribution is 2.31. The summed E-state index contributed by atoms with van der Waals surface area (Å²) in [5.41, 5.74) is 1.77. The average Bonchev–Trinajstić information content (AvgIpc) is 2.95. The van der Waals surface area contributed by atoms with Crippen molar-refractivity contribution in [3.63, 3.8) is 0 Å². The van der Waals surface area contributed by atoms with E-state index in [-0.39, 0.29) is 5.92 Å². The number of benzene rings is 2. The lowest BCUT2D eigenvalue weighted by atomic mass is 10.00. The van der Waals surface area contributed by atoms with Gasteiger partial charge in [0.2, 0.25) is 0 Å². The molecule has 1 heterocycles. The maximum atomic E-state index is 10.6. The van der Waals surface area contributed by atoms with Crippen LogP contribution >= 0.6 is 11.5 Å². The molecule has 20 heavy (non-hydrogen) atoms. The van der Waals surface area contributed by atoms with Gasteiger partial charge >= 0.3 is 0 Å². The van der Waals surface area contributed by atoms with Crippen molar-refractivity contribution in [2.75, 3.05) is 0 Å². The first-order valence-electron chi connectivity index (χ1n) is 6.65. The minimum atomic E-state index is -0.656. The number of hydrogen-bond donors (Lipinski definition) is 1. The molecule has 1 aromatic heterocycles. The van der Waals surface area contributed by atoms with Gasteiger partial charge < -0.3 is 5.11 Å². The van der Waals surface area contributed by atoms with Gasteiger partial charge in [-0.3, -0.25) is 0 Å². The van der Waals surface area contributed by atoms with Gasteiger partial charge in [0.05, 0.1) is 10.6 Å². The molecule has 0 bridgehead atoms. The normalized spacial score (nSPS) is 13.0. The van der Waals surface area contributed by atoms with E-state index in [0.29, 0.717) is 0 Å². The summed E-state index contributed by atoms with van der Waals surface area (Å²) < 4.78 is 3.98. The Bertz CT molecular complexity index is 736. The summed E-state index contributed by atoms with van der Waals surface area (Å²) >= 11 is 1.28. The van der Waals surface area contributed by atoms with Crippen LogP contribution in [0.4, 0.5) is 0 Å². The summed E-state index contributed by atoms with van der Waals surface area (Å²) in [6.45, 7) is 4.13. The van der Waals surface area contributed by atoms with E-state index in [2.05, 4.69) is 35.6 Å². The predicted molar refractivity (Wildman–Crippen MR) is 82.0 cm³/mol. The lowest BCUT2D eigenvalue weighted by molar-refractivity contribution is 0.222. The third-order valence-corrected chi connectivity index (χ3v) is 4.22. The molecule has 0 aliphatic rings. The Morgan fingerprint density at radius 3 is 2.55 bits per heavy atom. The van der Waals surface area contributed by atoms with Crippen molar-refractivity contribution in [2.45, 2.75) is 25.9 Å². The second-order valence-electron chi connectivity index (χ2n) is 5.19. The van der Waals surface area contributed by atoms with Crippen molar-refractivity contribution in [2.24, 2.45) is 0 Å². The summed E-state index contributed by atoms with van der Waals surface area (Å²) in [6, 6.07) is 14.2. The highest BCUT2D eigenvalue weighted by Gasteiger charge is 2.20. The second kappa shape index (κ2) is 5.31. The van der Waals surface area contributed by atoms with Gasteiger partial charge in [0.1, 0.15) is 6.10 Å². The topological polar surface area (TPSA) is 46.0 Å². The first-order valence-corrected chi connectivity index (χ1v) is 7.43. The van der Waals surface area contributed by atoms with E-state index in [1.807, 2.05) is 30.3 Å². The molecule has 3 nitrogen and oxygen atoms in total. The van der Waals surface area contributed by atoms with Crippen molar-refractivity contribution in [1.29, 1.82) is 0 Å². The lowest BCUT2D eigenvalue weighted by Crippen LogP contribution is -2.02. The van der Waals surface area contributed by atoms with Crippen molar-refractivity contribution in [3.05, 3.63) is 58.6 Å². The van der Waals surface area contributed by atoms with Gasteiger partial charge in [0.25, 0.3) is 0 Å². The number of rotatable bonds is 3. The fourth-order valence-corrected chi connectivity index (χ4v) is 3.15. The van der Waals surface area contributed by atoms with Gasteiger partial charge in [0, 0.05) is 0 Å². The van der Waals surface area contributed by atoms with Crippen LogP contribution in [-0.2, 0) is 0 Å². The molecule has 1 unspecified atom stereocenters. The molecule has 0 radical (unpaired) electrons. The van der Waals surface area contributed by atoms with E-state index in [1.165, 1.54) is 16.9 Å². The van der Waals surface area contributed by atoms with Gasteiger partial charge in [-0.25, -0.2) is 0 Å². The summed E-state index contributed by atoms with van der Waals surface area (Å²) in [4.78, 5) is 0.843. The Kier molecular flexibility index (Phi) is 3.51. The van der Waals surface area contributed by atoms with Crippen LogP contribution in [0.5, 0.6) is 0 Å². The van der Waals surface area contributed by atoms with E-state index >= 15 is 0 Å². The molecular weight excluding hydrogens is 268 g/mol. The van der Waals surface area contributed by atoms with Crippen LogP contribution < -0.4 is 0 Å². The van der Waals surface area contributed by atoms with Crippen LogP contribution in [0.2, 0.25) is 0 Å². The fraction of sp³-hybridized carbons (Fsp3) is 0.250. The van der Waals surface area contributed by atoms with E-state index in [0.717, 1.165) is 21.5 Å². The number of aliphatic hydroxyl groups excluding tert-OH is 1. The smallest absolute Gasteiger partial charge is 0.117 e. The van der Waals surface area contributed by atoms with Crippen molar-refractivity contribution in [3.8, 4) is 0 Å². The molecule has 2 aromatic carbocycles. The molecule has 0 saturated carbocycles. The number of aliphatic hydroxyl groups is 1. The van der Waals surface area contributed by atoms with Gasteiger partial charge in [-0.15, -0.1) is 5.10 Å². The summed E-state index contributed by atoms with van der Waals surface area (Å²) in [7, 11) is 0. The minimum absolute atomic E-state index is 0.263. The molecule has 102 valence electrons. The largest absolute Gasteiger partial charge is 0.383 e. The van der Waals surface area contributed by atoms with Crippen LogP contribution in [0.15, 0.2) is 42.5 Å². The van der Waals surface area contributed by atoms with Gasteiger partial charge in [-0.05, 0) is 39.9 Å². The maximum Gasteiger partial charge on any atom is 0.117 e. The third-order valence-electron chi connectivity index (χ3n) is 3.42. The fourth-order valence-electron chi connectivity index (χ4n) is 2.32. The van der Waals surface area contributed by atoms with Crippen LogP contribution in [0, 0.1) is 0 Å². The molecule has 0 aliphatic carbocycles. The number of nitrogens with zero attached hydrogens (tertiary/aromatic N) is 2. The van der Waals surface area contributed by atoms with Crippen molar-refractivity contribution in [1.82, 2.24) is 9.59 Å². The molecule has 0 aliphatic heterocycles. The Morgan fingerprint density at radius 2 is 1.80 bits per heavy atom. The van der Waals surface area contributed by atoms with E-state index in [1.54, 1.807) is 0 Å². The average molecular weight is 284 g/mol. The number of aromatic nitrogens is 2. The Morgan fingerprint density at radius 1 is 1.05 bits per heavy atom. The SMILES string of the molecule is CC(C)c1nnsc1C(O)c1ccc2ccccc2c1. The molecule has 0 saturated heterocycles. The Labute approximate surface area is 122 Å². The number of fused-ring (bicyclic) bond motifs is 1. The minimum Gasteiger partial charge on any atom is -0.383 e. The quantitative estimate of drug-likeness (QED) is 0.793. The number of hydrogen-bond acceptors (Lipinski definition) is 4.